The molecule has 0 aliphatic rings. The van der Waals surface area contributed by atoms with E-state index in [4.69, 9.17) is 11.6 Å². The smallest absolute Gasteiger partial charge is 0.130 e. The monoisotopic (exact) mass is 291 g/mol. The van der Waals surface area contributed by atoms with Crippen LogP contribution in [0.1, 0.15) is 35.3 Å². The Morgan fingerprint density at radius 2 is 2.05 bits per heavy atom. The van der Waals surface area contributed by atoms with Gasteiger partial charge in [-0.15, -0.1) is 0 Å². The highest BCUT2D eigenvalue weighted by Gasteiger charge is 2.18. The molecule has 0 saturated carbocycles. The summed E-state index contributed by atoms with van der Waals surface area (Å²) < 4.78 is 1.74. The Morgan fingerprint density at radius 3 is 2.60 bits per heavy atom. The van der Waals surface area contributed by atoms with Gasteiger partial charge in [0.1, 0.15) is 5.15 Å². The van der Waals surface area contributed by atoms with Crippen molar-refractivity contribution < 1.29 is 0 Å². The van der Waals surface area contributed by atoms with E-state index in [1.807, 2.05) is 21.0 Å². The normalized spacial score (nSPS) is 12.7. The Bertz CT molecular complexity index is 589. The van der Waals surface area contributed by atoms with Gasteiger partial charge in [0, 0.05) is 18.7 Å². The second-order valence-electron chi connectivity index (χ2n) is 5.08. The standard InChI is InChI=1S/C16H22ClN3/c1-5-12-8-6-7-9-13(12)15(18-3)10-14-11(2)19-20(4)16(14)17/h6-9,15,18H,5,10H2,1-4H3. The second kappa shape index (κ2) is 6.42. The third kappa shape index (κ3) is 2.89. The number of halogens is 1. The molecule has 3 nitrogen and oxygen atoms in total. The molecule has 0 spiro atoms. The summed E-state index contributed by atoms with van der Waals surface area (Å²) in [6.07, 6.45) is 1.89. The van der Waals surface area contributed by atoms with Gasteiger partial charge in [0.25, 0.3) is 0 Å². The average molecular weight is 292 g/mol. The molecular formula is C16H22ClN3. The topological polar surface area (TPSA) is 29.9 Å². The highest BCUT2D eigenvalue weighted by atomic mass is 35.5. The zero-order valence-electron chi connectivity index (χ0n) is 12.6. The summed E-state index contributed by atoms with van der Waals surface area (Å²) in [5, 5.41) is 8.53. The maximum absolute atomic E-state index is 6.35. The number of nitrogens with zero attached hydrogens (tertiary/aromatic N) is 2. The molecular weight excluding hydrogens is 270 g/mol. The van der Waals surface area contributed by atoms with Gasteiger partial charge in [-0.1, -0.05) is 42.8 Å². The van der Waals surface area contributed by atoms with Crippen LogP contribution in [0.2, 0.25) is 5.15 Å². The van der Waals surface area contributed by atoms with Crippen molar-refractivity contribution in [3.8, 4) is 0 Å². The Balaban J connectivity index is 2.34. The molecule has 0 radical (unpaired) electrons. The minimum Gasteiger partial charge on any atom is -0.313 e. The number of hydrogen-bond donors (Lipinski definition) is 1. The Morgan fingerprint density at radius 1 is 1.35 bits per heavy atom. The highest BCUT2D eigenvalue weighted by Crippen LogP contribution is 2.27. The molecule has 2 aromatic rings. The van der Waals surface area contributed by atoms with Crippen molar-refractivity contribution in [1.29, 1.82) is 0 Å². The maximum Gasteiger partial charge on any atom is 0.130 e. The molecule has 0 saturated heterocycles. The first kappa shape index (κ1) is 15.1. The fourth-order valence-electron chi connectivity index (χ4n) is 2.67. The quantitative estimate of drug-likeness (QED) is 0.914. The van der Waals surface area contributed by atoms with Crippen LogP contribution < -0.4 is 5.32 Å². The molecule has 1 aromatic carbocycles. The van der Waals surface area contributed by atoms with Crippen LogP contribution in [0.5, 0.6) is 0 Å². The Kier molecular flexibility index (Phi) is 4.84. The van der Waals surface area contributed by atoms with Gasteiger partial charge >= 0.3 is 0 Å². The molecule has 1 N–H and O–H groups in total. The number of benzene rings is 1. The summed E-state index contributed by atoms with van der Waals surface area (Å²) >= 11 is 6.35. The number of likely N-dealkylation sites (N-methyl/N-ethyl adjacent to an activating group) is 1. The van der Waals surface area contributed by atoms with Crippen molar-refractivity contribution in [2.24, 2.45) is 7.05 Å². The summed E-state index contributed by atoms with van der Waals surface area (Å²) in [5.41, 5.74) is 4.85. The molecule has 0 amide bonds. The predicted octanol–water partition coefficient (Wildman–Crippen LogP) is 3.45. The van der Waals surface area contributed by atoms with E-state index in [0.717, 1.165) is 29.3 Å². The summed E-state index contributed by atoms with van der Waals surface area (Å²) in [5.74, 6) is 0. The lowest BCUT2D eigenvalue weighted by Crippen LogP contribution is -2.20. The average Bonchev–Trinajstić information content (AvgIpc) is 2.70. The van der Waals surface area contributed by atoms with Crippen molar-refractivity contribution in [1.82, 2.24) is 15.1 Å². The van der Waals surface area contributed by atoms with Gasteiger partial charge in [-0.05, 0) is 37.9 Å². The van der Waals surface area contributed by atoms with Gasteiger partial charge in [-0.3, -0.25) is 4.68 Å². The molecule has 1 heterocycles. The van der Waals surface area contributed by atoms with E-state index < -0.39 is 0 Å². The van der Waals surface area contributed by atoms with Crippen LogP contribution in [-0.2, 0) is 19.9 Å². The van der Waals surface area contributed by atoms with Gasteiger partial charge in [-0.25, -0.2) is 0 Å². The van der Waals surface area contributed by atoms with Gasteiger partial charge < -0.3 is 5.32 Å². The lowest BCUT2D eigenvalue weighted by atomic mass is 9.94. The zero-order valence-corrected chi connectivity index (χ0v) is 13.3. The molecule has 1 unspecified atom stereocenters. The van der Waals surface area contributed by atoms with E-state index in [-0.39, 0.29) is 6.04 Å². The van der Waals surface area contributed by atoms with Crippen LogP contribution in [-0.4, -0.2) is 16.8 Å². The van der Waals surface area contributed by atoms with Gasteiger partial charge in [0.15, 0.2) is 0 Å². The van der Waals surface area contributed by atoms with Crippen molar-refractivity contribution in [3.63, 3.8) is 0 Å². The molecule has 108 valence electrons. The molecule has 1 atom stereocenters. The maximum atomic E-state index is 6.35. The van der Waals surface area contributed by atoms with E-state index in [9.17, 15) is 0 Å². The third-order valence-electron chi connectivity index (χ3n) is 3.84. The summed E-state index contributed by atoms with van der Waals surface area (Å²) in [4.78, 5) is 0. The first-order valence-electron chi connectivity index (χ1n) is 7.01. The first-order chi connectivity index (χ1) is 9.58. The lowest BCUT2D eigenvalue weighted by molar-refractivity contribution is 0.585. The van der Waals surface area contributed by atoms with E-state index in [1.54, 1.807) is 4.68 Å². The van der Waals surface area contributed by atoms with Gasteiger partial charge in [0.05, 0.1) is 5.69 Å². The summed E-state index contributed by atoms with van der Waals surface area (Å²) in [7, 11) is 3.88. The molecule has 4 heteroatoms. The van der Waals surface area contributed by atoms with E-state index in [2.05, 4.69) is 41.6 Å². The minimum atomic E-state index is 0.256. The van der Waals surface area contributed by atoms with Crippen molar-refractivity contribution in [2.45, 2.75) is 32.7 Å². The van der Waals surface area contributed by atoms with Crippen molar-refractivity contribution in [2.75, 3.05) is 7.05 Å². The molecule has 1 aromatic heterocycles. The summed E-state index contributed by atoms with van der Waals surface area (Å²) in [6.45, 7) is 4.20. The highest BCUT2D eigenvalue weighted by molar-refractivity contribution is 6.30. The number of hydrogen-bond acceptors (Lipinski definition) is 2. The number of rotatable bonds is 5. The molecule has 0 aliphatic carbocycles. The van der Waals surface area contributed by atoms with Crippen molar-refractivity contribution >= 4 is 11.6 Å². The zero-order chi connectivity index (χ0) is 14.7. The summed E-state index contributed by atoms with van der Waals surface area (Å²) in [6, 6.07) is 8.83. The van der Waals surface area contributed by atoms with E-state index >= 15 is 0 Å². The Hall–Kier alpha value is -1.32. The molecule has 0 bridgehead atoms. The van der Waals surface area contributed by atoms with E-state index in [0.29, 0.717) is 0 Å². The third-order valence-corrected chi connectivity index (χ3v) is 4.31. The second-order valence-corrected chi connectivity index (χ2v) is 5.43. The molecule has 20 heavy (non-hydrogen) atoms. The van der Waals surface area contributed by atoms with Crippen LogP contribution in [0.3, 0.4) is 0 Å². The number of aryl methyl sites for hydroxylation is 3. The van der Waals surface area contributed by atoms with E-state index in [1.165, 1.54) is 11.1 Å². The van der Waals surface area contributed by atoms with Crippen LogP contribution in [0.15, 0.2) is 24.3 Å². The van der Waals surface area contributed by atoms with Crippen LogP contribution >= 0.6 is 11.6 Å². The fraction of sp³-hybridized carbons (Fsp3) is 0.438. The SMILES string of the molecule is CCc1ccccc1C(Cc1c(C)nn(C)c1Cl)NC. The fourth-order valence-corrected chi connectivity index (χ4v) is 2.93. The Labute approximate surface area is 126 Å². The minimum absolute atomic E-state index is 0.256. The van der Waals surface area contributed by atoms with Gasteiger partial charge in [0.2, 0.25) is 0 Å². The first-order valence-corrected chi connectivity index (χ1v) is 7.39. The largest absolute Gasteiger partial charge is 0.313 e. The van der Waals surface area contributed by atoms with Crippen LogP contribution in [0.4, 0.5) is 0 Å². The predicted molar refractivity (Wildman–Crippen MR) is 84.3 cm³/mol. The molecule has 0 aliphatic heterocycles. The van der Waals surface area contributed by atoms with Crippen LogP contribution in [0.25, 0.3) is 0 Å². The number of aromatic nitrogens is 2. The lowest BCUT2D eigenvalue weighted by Gasteiger charge is -2.19. The number of nitrogens with one attached hydrogen (secondary N) is 1. The van der Waals surface area contributed by atoms with Crippen molar-refractivity contribution in [3.05, 3.63) is 51.8 Å². The van der Waals surface area contributed by atoms with Crippen LogP contribution in [0, 0.1) is 6.92 Å². The van der Waals surface area contributed by atoms with Gasteiger partial charge in [-0.2, -0.15) is 5.10 Å². The molecule has 0 fully saturated rings. The molecule has 2 rings (SSSR count).